The Kier molecular flexibility index (Phi) is 7.97. The van der Waals surface area contributed by atoms with Crippen LogP contribution in [0.1, 0.15) is 61.8 Å². The molecule has 0 bridgehead atoms. The van der Waals surface area contributed by atoms with Crippen molar-refractivity contribution in [2.24, 2.45) is 14.1 Å². The number of hydrogen-bond donors (Lipinski definition) is 0. The van der Waals surface area contributed by atoms with E-state index >= 15 is 0 Å². The Labute approximate surface area is 282 Å². The van der Waals surface area contributed by atoms with E-state index in [0.717, 1.165) is 34.3 Å². The number of ether oxygens (including phenoxy) is 1. The van der Waals surface area contributed by atoms with Crippen molar-refractivity contribution in [3.05, 3.63) is 126 Å². The Balaban J connectivity index is 1.33. The van der Waals surface area contributed by atoms with Crippen LogP contribution < -0.4 is 13.9 Å². The third-order valence-electron chi connectivity index (χ3n) is 9.52. The molecule has 0 unspecified atom stereocenters. The summed E-state index contributed by atoms with van der Waals surface area (Å²) in [5, 5.41) is 2.61. The van der Waals surface area contributed by atoms with Gasteiger partial charge in [-0.15, -0.1) is 11.3 Å². The first-order valence-corrected chi connectivity index (χ1v) is 17.4. The number of aryl methyl sites for hydroxylation is 2. The van der Waals surface area contributed by atoms with Gasteiger partial charge in [-0.3, -0.25) is 0 Å². The minimum atomic E-state index is 0.398. The van der Waals surface area contributed by atoms with Crippen molar-refractivity contribution in [3.63, 3.8) is 0 Å². The molecule has 7 rings (SSSR count). The van der Waals surface area contributed by atoms with Gasteiger partial charge in [-0.1, -0.05) is 82.3 Å². The van der Waals surface area contributed by atoms with Crippen LogP contribution in [0.2, 0.25) is 0 Å². The van der Waals surface area contributed by atoms with Crippen LogP contribution in [-0.2, 0) is 14.1 Å². The summed E-state index contributed by atoms with van der Waals surface area (Å²) in [5.41, 5.74) is 9.89. The van der Waals surface area contributed by atoms with Crippen molar-refractivity contribution < 1.29 is 13.9 Å². The molecule has 0 aliphatic heterocycles. The van der Waals surface area contributed by atoms with E-state index < -0.39 is 0 Å². The second kappa shape index (κ2) is 12.1. The number of para-hydroxylation sites is 1. The number of imidazole rings is 1. The Morgan fingerprint density at radius 2 is 1.43 bits per heavy atom. The lowest BCUT2D eigenvalue weighted by Crippen LogP contribution is -2.33. The first kappa shape index (κ1) is 30.9. The van der Waals surface area contributed by atoms with E-state index in [-0.39, 0.29) is 0 Å². The van der Waals surface area contributed by atoms with Gasteiger partial charge in [0, 0.05) is 42.9 Å². The second-order valence-electron chi connectivity index (χ2n) is 13.3. The van der Waals surface area contributed by atoms with Gasteiger partial charge in [0.25, 0.3) is 5.82 Å². The molecule has 0 spiro atoms. The van der Waals surface area contributed by atoms with Crippen molar-refractivity contribution >= 4 is 31.5 Å². The molecule has 0 saturated heterocycles. The molecule has 7 aromatic rings. The predicted molar refractivity (Wildman–Crippen MR) is 196 cm³/mol. The first-order valence-electron chi connectivity index (χ1n) is 16.5. The minimum Gasteiger partial charge on any atom is -0.405 e. The fourth-order valence-corrected chi connectivity index (χ4v) is 8.28. The number of rotatable bonds is 7. The summed E-state index contributed by atoms with van der Waals surface area (Å²) in [7, 11) is 4.24. The average Bonchev–Trinajstić information content (AvgIpc) is 3.62. The standard InChI is InChI=1S/C42H43N3OS/c1-26(2)30-15-11-16-31(27(3)4)40(30)45-25-24-43(7)42(45)32-17-12-19-36(29(32)6)46-38-21-13-18-35(44(38)8)39-28(5)22-23-34-33-14-9-10-20-37(33)47-41(34)39/h9-27H,1-8H3/q+2. The molecule has 0 radical (unpaired) electrons. The number of pyridine rings is 1. The third kappa shape index (κ3) is 5.23. The molecular weight excluding hydrogens is 595 g/mol. The van der Waals surface area contributed by atoms with Crippen molar-refractivity contribution in [3.8, 4) is 40.0 Å². The number of nitrogens with zero attached hydrogens (tertiary/aromatic N) is 3. The number of fused-ring (bicyclic) bond motifs is 3. The summed E-state index contributed by atoms with van der Waals surface area (Å²) >= 11 is 1.87. The van der Waals surface area contributed by atoms with E-state index in [2.05, 4.69) is 173 Å². The fraction of sp³-hybridized carbons (Fsp3) is 0.238. The zero-order chi connectivity index (χ0) is 33.0. The lowest BCUT2D eigenvalue weighted by Gasteiger charge is -2.18. The SMILES string of the molecule is Cc1ccc2c(sc3ccccc32)c1-c1cccc(Oc2cccc(-c3n(-c4c(C(C)C)cccc4C(C)C)cc[n+]3C)c2C)[n+]1C. The molecule has 0 amide bonds. The van der Waals surface area contributed by atoms with Crippen LogP contribution in [0.5, 0.6) is 11.6 Å². The van der Waals surface area contributed by atoms with Gasteiger partial charge in [-0.2, -0.15) is 9.13 Å². The molecule has 0 saturated carbocycles. The van der Waals surface area contributed by atoms with E-state index in [1.165, 1.54) is 48.1 Å². The van der Waals surface area contributed by atoms with Gasteiger partial charge in [0.1, 0.15) is 30.9 Å². The molecule has 0 N–H and O–H groups in total. The molecule has 236 valence electrons. The van der Waals surface area contributed by atoms with Crippen molar-refractivity contribution in [2.45, 2.75) is 53.4 Å². The summed E-state index contributed by atoms with van der Waals surface area (Å²) in [5.74, 6) is 3.57. The Bertz CT molecular complexity index is 2260. The monoisotopic (exact) mass is 637 g/mol. The van der Waals surface area contributed by atoms with Crippen molar-refractivity contribution in [1.29, 1.82) is 0 Å². The fourth-order valence-electron chi connectivity index (χ4n) is 6.97. The topological polar surface area (TPSA) is 21.9 Å². The van der Waals surface area contributed by atoms with Gasteiger partial charge in [-0.05, 0) is 55.5 Å². The summed E-state index contributed by atoms with van der Waals surface area (Å²) in [6.45, 7) is 13.5. The quantitative estimate of drug-likeness (QED) is 0.159. The summed E-state index contributed by atoms with van der Waals surface area (Å²) in [6.07, 6.45) is 4.36. The third-order valence-corrected chi connectivity index (χ3v) is 10.7. The largest absolute Gasteiger partial charge is 0.405 e. The van der Waals surface area contributed by atoms with Crippen LogP contribution in [0.25, 0.3) is 48.5 Å². The summed E-state index contributed by atoms with van der Waals surface area (Å²) in [6, 6.07) is 32.7. The Hall–Kier alpha value is -4.74. The Morgan fingerprint density at radius 3 is 2.17 bits per heavy atom. The zero-order valence-electron chi connectivity index (χ0n) is 28.6. The van der Waals surface area contributed by atoms with Crippen molar-refractivity contribution in [1.82, 2.24) is 4.57 Å². The lowest BCUT2D eigenvalue weighted by molar-refractivity contribution is -0.665. The van der Waals surface area contributed by atoms with Crippen molar-refractivity contribution in [2.75, 3.05) is 0 Å². The van der Waals surface area contributed by atoms with Gasteiger partial charge >= 0.3 is 5.88 Å². The lowest BCUT2D eigenvalue weighted by atomic mass is 9.92. The maximum Gasteiger partial charge on any atom is 0.373 e. The molecule has 0 atom stereocenters. The molecule has 3 aromatic heterocycles. The van der Waals surface area contributed by atoms with E-state index in [0.29, 0.717) is 11.8 Å². The van der Waals surface area contributed by atoms with E-state index in [1.807, 2.05) is 11.3 Å². The summed E-state index contributed by atoms with van der Waals surface area (Å²) in [4.78, 5) is 0. The highest BCUT2D eigenvalue weighted by molar-refractivity contribution is 7.26. The summed E-state index contributed by atoms with van der Waals surface area (Å²) < 4.78 is 16.2. The molecule has 3 heterocycles. The van der Waals surface area contributed by atoms with E-state index in [4.69, 9.17) is 4.74 Å². The predicted octanol–water partition coefficient (Wildman–Crippen LogP) is 10.5. The first-order chi connectivity index (χ1) is 22.7. The maximum atomic E-state index is 6.81. The molecular formula is C42H43N3OS+2. The molecule has 4 aromatic carbocycles. The van der Waals surface area contributed by atoms with Gasteiger partial charge in [0.05, 0.1) is 24.2 Å². The molecule has 0 fully saturated rings. The highest BCUT2D eigenvalue weighted by atomic mass is 32.1. The Morgan fingerprint density at radius 1 is 0.723 bits per heavy atom. The molecule has 47 heavy (non-hydrogen) atoms. The number of benzene rings is 4. The second-order valence-corrected chi connectivity index (χ2v) is 14.3. The van der Waals surface area contributed by atoms with Crippen LogP contribution in [0.4, 0.5) is 0 Å². The van der Waals surface area contributed by atoms with Crippen LogP contribution >= 0.6 is 11.3 Å². The number of hydrogen-bond acceptors (Lipinski definition) is 2. The van der Waals surface area contributed by atoms with Crippen LogP contribution in [0.3, 0.4) is 0 Å². The van der Waals surface area contributed by atoms with Crippen LogP contribution in [0.15, 0.2) is 103 Å². The highest BCUT2D eigenvalue weighted by Crippen LogP contribution is 2.41. The minimum absolute atomic E-state index is 0.398. The van der Waals surface area contributed by atoms with Crippen LogP contribution in [-0.4, -0.2) is 4.57 Å². The highest BCUT2D eigenvalue weighted by Gasteiger charge is 2.28. The molecule has 0 aliphatic carbocycles. The number of thiophene rings is 1. The molecule has 0 aliphatic rings. The van der Waals surface area contributed by atoms with E-state index in [1.54, 1.807) is 0 Å². The molecule has 4 nitrogen and oxygen atoms in total. The smallest absolute Gasteiger partial charge is 0.373 e. The van der Waals surface area contributed by atoms with Gasteiger partial charge in [0.2, 0.25) is 5.69 Å². The van der Waals surface area contributed by atoms with E-state index in [9.17, 15) is 0 Å². The normalized spacial score (nSPS) is 11.8. The zero-order valence-corrected chi connectivity index (χ0v) is 29.4. The van der Waals surface area contributed by atoms with Gasteiger partial charge < -0.3 is 4.74 Å². The van der Waals surface area contributed by atoms with Crippen LogP contribution in [0, 0.1) is 13.8 Å². The van der Waals surface area contributed by atoms with Gasteiger partial charge in [-0.25, -0.2) is 4.57 Å². The number of aromatic nitrogens is 3. The van der Waals surface area contributed by atoms with Gasteiger partial charge in [0.15, 0.2) is 0 Å². The maximum absolute atomic E-state index is 6.81. The molecule has 5 heteroatoms. The average molecular weight is 638 g/mol.